The minimum atomic E-state index is -4.22. The molecule has 0 fully saturated rings. The molecule has 0 spiro atoms. The third-order valence-corrected chi connectivity index (χ3v) is 6.02. The van der Waals surface area contributed by atoms with E-state index >= 15 is 0 Å². The molecule has 146 valence electrons. The van der Waals surface area contributed by atoms with Crippen molar-refractivity contribution in [3.8, 4) is 0 Å². The Labute approximate surface area is 184 Å². The third kappa shape index (κ3) is 8.20. The molecule has 0 atom stereocenters. The summed E-state index contributed by atoms with van der Waals surface area (Å²) in [7, 11) is -4.22. The van der Waals surface area contributed by atoms with Crippen LogP contribution in [0.4, 0.5) is 0 Å². The van der Waals surface area contributed by atoms with Crippen LogP contribution in [0.25, 0.3) is 10.8 Å². The maximum atomic E-state index is 11.9. The number of rotatable bonds is 12. The zero-order valence-electron chi connectivity index (χ0n) is 16.6. The van der Waals surface area contributed by atoms with E-state index in [1.54, 1.807) is 12.1 Å². The van der Waals surface area contributed by atoms with Crippen LogP contribution in [0, 0.1) is 0 Å². The molecular formula is C22H32CdO3S. The van der Waals surface area contributed by atoms with E-state index in [-0.39, 0.29) is 32.2 Å². The fourth-order valence-corrected chi connectivity index (χ4v) is 4.56. The molecule has 0 heterocycles. The standard InChI is InChI=1S/C22H32O3S.Cd/c1-2-3-4-5-6-7-8-9-10-11-15-20-18-17-19-14-12-13-16-21(19)22(20)26(23,24)25;/h12-14,16-18H,2-11,15H2,1H3,(H,23,24,25);. The van der Waals surface area contributed by atoms with Gasteiger partial charge in [0.2, 0.25) is 0 Å². The predicted octanol–water partition coefficient (Wildman–Crippen LogP) is 6.55. The summed E-state index contributed by atoms with van der Waals surface area (Å²) in [6.45, 7) is 2.24. The van der Waals surface area contributed by atoms with Crippen molar-refractivity contribution in [3.63, 3.8) is 0 Å². The van der Waals surface area contributed by atoms with E-state index in [1.165, 1.54) is 51.4 Å². The Morgan fingerprint density at radius 3 is 1.93 bits per heavy atom. The van der Waals surface area contributed by atoms with Gasteiger partial charge in [0.25, 0.3) is 10.1 Å². The van der Waals surface area contributed by atoms with Crippen molar-refractivity contribution in [2.75, 3.05) is 0 Å². The van der Waals surface area contributed by atoms with Gasteiger partial charge in [0.05, 0.1) is 0 Å². The van der Waals surface area contributed by atoms with Crippen LogP contribution >= 0.6 is 0 Å². The second-order valence-corrected chi connectivity index (χ2v) is 8.54. The van der Waals surface area contributed by atoms with Crippen LogP contribution in [0.3, 0.4) is 0 Å². The quantitative estimate of drug-likeness (QED) is 0.209. The minimum absolute atomic E-state index is 0. The molecule has 5 heteroatoms. The Hall–Kier alpha value is -0.468. The molecule has 0 aliphatic heterocycles. The summed E-state index contributed by atoms with van der Waals surface area (Å²) < 4.78 is 33.5. The minimum Gasteiger partial charge on any atom is -0.282 e. The van der Waals surface area contributed by atoms with Crippen LogP contribution in [0.5, 0.6) is 0 Å². The molecule has 3 nitrogen and oxygen atoms in total. The summed E-state index contributed by atoms with van der Waals surface area (Å²) in [5.74, 6) is 0. The van der Waals surface area contributed by atoms with E-state index in [0.717, 1.165) is 23.8 Å². The SMILES string of the molecule is CCCCCCCCCCCCc1ccc2ccccc2c1S(=O)(=O)O.[Cd]. The van der Waals surface area contributed by atoms with Crippen LogP contribution in [0.1, 0.15) is 76.7 Å². The van der Waals surface area contributed by atoms with Crippen molar-refractivity contribution in [2.24, 2.45) is 0 Å². The second-order valence-electron chi connectivity index (χ2n) is 7.18. The number of benzene rings is 2. The van der Waals surface area contributed by atoms with Gasteiger partial charge in [0, 0.05) is 32.7 Å². The molecule has 27 heavy (non-hydrogen) atoms. The van der Waals surface area contributed by atoms with Gasteiger partial charge in [0.15, 0.2) is 0 Å². The van der Waals surface area contributed by atoms with Gasteiger partial charge >= 0.3 is 0 Å². The monoisotopic (exact) mass is 490 g/mol. The zero-order chi connectivity index (χ0) is 18.8. The van der Waals surface area contributed by atoms with Crippen LogP contribution in [-0.2, 0) is 43.8 Å². The number of unbranched alkanes of at least 4 members (excludes halogenated alkanes) is 9. The van der Waals surface area contributed by atoms with Gasteiger partial charge in [-0.05, 0) is 23.8 Å². The van der Waals surface area contributed by atoms with Crippen LogP contribution < -0.4 is 0 Å². The summed E-state index contributed by atoms with van der Waals surface area (Å²) >= 11 is 0. The van der Waals surface area contributed by atoms with Crippen LogP contribution in [0.2, 0.25) is 0 Å². The number of hydrogen-bond donors (Lipinski definition) is 1. The molecule has 0 saturated heterocycles. The summed E-state index contributed by atoms with van der Waals surface area (Å²) in [6, 6.07) is 11.1. The molecule has 2 aromatic rings. The summed E-state index contributed by atoms with van der Waals surface area (Å²) in [5.41, 5.74) is 0.728. The molecule has 0 radical (unpaired) electrons. The Morgan fingerprint density at radius 2 is 1.33 bits per heavy atom. The Morgan fingerprint density at radius 1 is 0.778 bits per heavy atom. The maximum absolute atomic E-state index is 11.9. The summed E-state index contributed by atoms with van der Waals surface area (Å²) in [5, 5.41) is 1.45. The van der Waals surface area contributed by atoms with Gasteiger partial charge in [-0.25, -0.2) is 0 Å². The van der Waals surface area contributed by atoms with E-state index in [2.05, 4.69) is 6.92 Å². The fourth-order valence-electron chi connectivity index (χ4n) is 3.59. The van der Waals surface area contributed by atoms with E-state index in [1.807, 2.05) is 24.3 Å². The van der Waals surface area contributed by atoms with Crippen LogP contribution in [0.15, 0.2) is 41.3 Å². The number of aryl methyl sites for hydroxylation is 1. The van der Waals surface area contributed by atoms with Crippen molar-refractivity contribution in [1.29, 1.82) is 0 Å². The van der Waals surface area contributed by atoms with Crippen molar-refractivity contribution in [2.45, 2.75) is 82.4 Å². The molecule has 2 rings (SSSR count). The van der Waals surface area contributed by atoms with Gasteiger partial charge in [-0.1, -0.05) is 101 Å². The van der Waals surface area contributed by atoms with Crippen molar-refractivity contribution >= 4 is 20.9 Å². The topological polar surface area (TPSA) is 54.4 Å². The van der Waals surface area contributed by atoms with E-state index in [0.29, 0.717) is 11.8 Å². The molecule has 1 N–H and O–H groups in total. The summed E-state index contributed by atoms with van der Waals surface area (Å²) in [4.78, 5) is 0.0894. The van der Waals surface area contributed by atoms with Gasteiger partial charge in [-0.2, -0.15) is 8.42 Å². The number of hydrogen-bond acceptors (Lipinski definition) is 2. The number of fused-ring (bicyclic) bond motifs is 1. The predicted molar refractivity (Wildman–Crippen MR) is 109 cm³/mol. The molecule has 0 unspecified atom stereocenters. The van der Waals surface area contributed by atoms with Crippen molar-refractivity contribution in [1.82, 2.24) is 0 Å². The van der Waals surface area contributed by atoms with Gasteiger partial charge in [-0.15, -0.1) is 0 Å². The molecule has 0 saturated carbocycles. The second kappa shape index (κ2) is 12.9. The normalized spacial score (nSPS) is 11.5. The summed E-state index contributed by atoms with van der Waals surface area (Å²) in [6.07, 6.45) is 13.2. The largest absolute Gasteiger partial charge is 0.295 e. The molecule has 2 aromatic carbocycles. The molecule has 0 amide bonds. The van der Waals surface area contributed by atoms with Gasteiger partial charge in [-0.3, -0.25) is 4.55 Å². The molecule has 0 bridgehead atoms. The first-order chi connectivity index (χ1) is 12.5. The van der Waals surface area contributed by atoms with E-state index in [4.69, 9.17) is 0 Å². The smallest absolute Gasteiger partial charge is 0.282 e. The van der Waals surface area contributed by atoms with Gasteiger partial charge in [0.1, 0.15) is 4.90 Å². The average molecular weight is 489 g/mol. The van der Waals surface area contributed by atoms with Gasteiger partial charge < -0.3 is 0 Å². The third-order valence-electron chi connectivity index (χ3n) is 5.02. The van der Waals surface area contributed by atoms with Crippen LogP contribution in [-0.4, -0.2) is 13.0 Å². The average Bonchev–Trinajstić information content (AvgIpc) is 2.62. The van der Waals surface area contributed by atoms with E-state index in [9.17, 15) is 13.0 Å². The maximum Gasteiger partial charge on any atom is 0.295 e. The Kier molecular flexibility index (Phi) is 11.7. The molecular weight excluding hydrogens is 457 g/mol. The Bertz CT molecular complexity index is 787. The van der Waals surface area contributed by atoms with Crippen molar-refractivity contribution in [3.05, 3.63) is 42.0 Å². The first kappa shape index (κ1) is 24.6. The molecule has 0 aliphatic rings. The first-order valence-electron chi connectivity index (χ1n) is 10.0. The van der Waals surface area contributed by atoms with E-state index < -0.39 is 10.1 Å². The molecule has 0 aliphatic carbocycles. The van der Waals surface area contributed by atoms with Crippen molar-refractivity contribution < 1.29 is 40.3 Å². The first-order valence-corrected chi connectivity index (χ1v) is 11.5. The fraction of sp³-hybridized carbons (Fsp3) is 0.545. The molecule has 0 aromatic heterocycles. The zero-order valence-corrected chi connectivity index (χ0v) is 21.5. The Balaban J connectivity index is 0.00000364.